The van der Waals surface area contributed by atoms with Gasteiger partial charge in [-0.1, -0.05) is 6.07 Å². The lowest BCUT2D eigenvalue weighted by Gasteiger charge is -2.04. The zero-order valence-corrected chi connectivity index (χ0v) is 8.67. The van der Waals surface area contributed by atoms with E-state index >= 15 is 0 Å². The van der Waals surface area contributed by atoms with Crippen LogP contribution in [0.2, 0.25) is 0 Å². The SMILES string of the molecule is NS(=O)(=O)Oc1cccc(O)c1Br. The zero-order chi connectivity index (χ0) is 10.1. The summed E-state index contributed by atoms with van der Waals surface area (Å²) < 4.78 is 25.5. The molecular weight excluding hydrogens is 262 g/mol. The van der Waals surface area contributed by atoms with Crippen LogP contribution < -0.4 is 9.32 Å². The van der Waals surface area contributed by atoms with Crippen LogP contribution in [0.3, 0.4) is 0 Å². The Hall–Kier alpha value is -0.790. The van der Waals surface area contributed by atoms with E-state index in [0.717, 1.165) is 0 Å². The fraction of sp³-hybridized carbons (Fsp3) is 0. The molecule has 7 heteroatoms. The van der Waals surface area contributed by atoms with Gasteiger partial charge in [-0.15, -0.1) is 0 Å². The maximum Gasteiger partial charge on any atom is 0.380 e. The number of hydrogen-bond acceptors (Lipinski definition) is 4. The minimum atomic E-state index is -4.06. The summed E-state index contributed by atoms with van der Waals surface area (Å²) in [6.45, 7) is 0. The van der Waals surface area contributed by atoms with Crippen LogP contribution in [0.25, 0.3) is 0 Å². The molecule has 0 radical (unpaired) electrons. The number of hydrogen-bond donors (Lipinski definition) is 2. The first-order valence-corrected chi connectivity index (χ1v) is 5.36. The third-order valence-electron chi connectivity index (χ3n) is 1.15. The summed E-state index contributed by atoms with van der Waals surface area (Å²) in [5.74, 6) is -0.177. The van der Waals surface area contributed by atoms with Gasteiger partial charge in [0.15, 0.2) is 5.75 Å². The molecular formula is C6H6BrNO4S. The van der Waals surface area contributed by atoms with Crippen molar-refractivity contribution < 1.29 is 17.7 Å². The summed E-state index contributed by atoms with van der Waals surface area (Å²) in [4.78, 5) is 0. The van der Waals surface area contributed by atoms with Gasteiger partial charge in [0.2, 0.25) is 0 Å². The van der Waals surface area contributed by atoms with Gasteiger partial charge in [-0.3, -0.25) is 0 Å². The molecule has 1 aromatic carbocycles. The number of phenolic OH excluding ortho intramolecular Hbond substituents is 1. The normalized spacial score (nSPS) is 11.2. The van der Waals surface area contributed by atoms with E-state index < -0.39 is 10.3 Å². The molecule has 0 unspecified atom stereocenters. The van der Waals surface area contributed by atoms with Gasteiger partial charge in [0, 0.05) is 0 Å². The van der Waals surface area contributed by atoms with Crippen LogP contribution in [0.5, 0.6) is 11.5 Å². The predicted octanol–water partition coefficient (Wildman–Crippen LogP) is 0.737. The van der Waals surface area contributed by atoms with Crippen molar-refractivity contribution >= 4 is 26.2 Å². The third kappa shape index (κ3) is 2.87. The lowest BCUT2D eigenvalue weighted by atomic mass is 10.3. The minimum Gasteiger partial charge on any atom is -0.507 e. The van der Waals surface area contributed by atoms with E-state index in [1.54, 1.807) is 0 Å². The second-order valence-corrected chi connectivity index (χ2v) is 4.11. The first-order valence-electron chi connectivity index (χ1n) is 3.10. The second-order valence-electron chi connectivity index (χ2n) is 2.17. The molecule has 5 nitrogen and oxygen atoms in total. The van der Waals surface area contributed by atoms with E-state index in [0.29, 0.717) is 0 Å². The zero-order valence-electron chi connectivity index (χ0n) is 6.27. The average molecular weight is 268 g/mol. The number of halogens is 1. The van der Waals surface area contributed by atoms with Crippen LogP contribution in [-0.2, 0) is 10.3 Å². The molecule has 0 aliphatic carbocycles. The molecule has 3 N–H and O–H groups in total. The first kappa shape index (κ1) is 10.3. The van der Waals surface area contributed by atoms with Crippen molar-refractivity contribution in [2.45, 2.75) is 0 Å². The van der Waals surface area contributed by atoms with Crippen molar-refractivity contribution in [2.75, 3.05) is 0 Å². The Labute approximate surface area is 83.5 Å². The summed E-state index contributed by atoms with van der Waals surface area (Å²) >= 11 is 2.94. The van der Waals surface area contributed by atoms with Gasteiger partial charge in [-0.2, -0.15) is 13.6 Å². The molecule has 0 aliphatic heterocycles. The van der Waals surface area contributed by atoms with Crippen LogP contribution in [0.1, 0.15) is 0 Å². The Kier molecular flexibility index (Phi) is 2.79. The van der Waals surface area contributed by atoms with Crippen LogP contribution in [0.15, 0.2) is 22.7 Å². The van der Waals surface area contributed by atoms with Gasteiger partial charge < -0.3 is 9.29 Å². The van der Waals surface area contributed by atoms with Crippen molar-refractivity contribution in [3.8, 4) is 11.5 Å². The molecule has 0 saturated carbocycles. The van der Waals surface area contributed by atoms with Crippen LogP contribution >= 0.6 is 15.9 Å². The van der Waals surface area contributed by atoms with E-state index in [1.165, 1.54) is 18.2 Å². The highest BCUT2D eigenvalue weighted by molar-refractivity contribution is 9.10. The Balaban J connectivity index is 3.10. The quantitative estimate of drug-likeness (QED) is 0.827. The smallest absolute Gasteiger partial charge is 0.380 e. The molecule has 13 heavy (non-hydrogen) atoms. The van der Waals surface area contributed by atoms with E-state index in [-0.39, 0.29) is 16.0 Å². The first-order chi connectivity index (χ1) is 5.90. The van der Waals surface area contributed by atoms with Gasteiger partial charge in [0.25, 0.3) is 0 Å². The van der Waals surface area contributed by atoms with Crippen LogP contribution in [0.4, 0.5) is 0 Å². The maximum atomic E-state index is 10.5. The maximum absolute atomic E-state index is 10.5. The van der Waals surface area contributed by atoms with Crippen molar-refractivity contribution in [3.05, 3.63) is 22.7 Å². The second kappa shape index (κ2) is 3.52. The third-order valence-corrected chi connectivity index (χ3v) is 2.36. The van der Waals surface area contributed by atoms with Gasteiger partial charge >= 0.3 is 10.3 Å². The fourth-order valence-electron chi connectivity index (χ4n) is 0.689. The molecule has 0 amide bonds. The van der Waals surface area contributed by atoms with Gasteiger partial charge in [-0.05, 0) is 28.1 Å². The van der Waals surface area contributed by atoms with E-state index in [4.69, 9.17) is 5.11 Å². The van der Waals surface area contributed by atoms with Gasteiger partial charge in [0.1, 0.15) is 10.2 Å². The van der Waals surface area contributed by atoms with Crippen molar-refractivity contribution in [1.29, 1.82) is 0 Å². The summed E-state index contributed by atoms with van der Waals surface area (Å²) in [7, 11) is -4.06. The van der Waals surface area contributed by atoms with E-state index in [2.05, 4.69) is 25.3 Å². The Morgan fingerprint density at radius 2 is 2.08 bits per heavy atom. The topological polar surface area (TPSA) is 89.6 Å². The lowest BCUT2D eigenvalue weighted by Crippen LogP contribution is -2.19. The molecule has 1 rings (SSSR count). The molecule has 0 spiro atoms. The molecule has 0 bridgehead atoms. The highest BCUT2D eigenvalue weighted by atomic mass is 79.9. The van der Waals surface area contributed by atoms with Crippen molar-refractivity contribution in [1.82, 2.24) is 0 Å². The number of nitrogens with two attached hydrogens (primary N) is 1. The van der Waals surface area contributed by atoms with Crippen LogP contribution in [-0.4, -0.2) is 13.5 Å². The highest BCUT2D eigenvalue weighted by Gasteiger charge is 2.10. The number of rotatable bonds is 2. The summed E-state index contributed by atoms with van der Waals surface area (Å²) in [5, 5.41) is 13.8. The predicted molar refractivity (Wildman–Crippen MR) is 49.5 cm³/mol. The average Bonchev–Trinajstić information content (AvgIpc) is 1.96. The minimum absolute atomic E-state index is 0.0532. The molecule has 0 heterocycles. The Morgan fingerprint density at radius 3 is 2.62 bits per heavy atom. The lowest BCUT2D eigenvalue weighted by molar-refractivity contribution is 0.459. The van der Waals surface area contributed by atoms with Crippen LogP contribution in [0, 0.1) is 0 Å². The molecule has 0 aliphatic rings. The summed E-state index contributed by atoms with van der Waals surface area (Å²) in [6, 6.07) is 4.16. The summed E-state index contributed by atoms with van der Waals surface area (Å²) in [5.41, 5.74) is 0. The standard InChI is InChI=1S/C6H6BrNO4S/c7-6-4(9)2-1-3-5(6)12-13(8,10)11/h1-3,9H,(H2,8,10,11). The van der Waals surface area contributed by atoms with Gasteiger partial charge in [-0.25, -0.2) is 0 Å². The van der Waals surface area contributed by atoms with Gasteiger partial charge in [0.05, 0.1) is 0 Å². The van der Waals surface area contributed by atoms with E-state index in [9.17, 15) is 8.42 Å². The molecule has 1 aromatic rings. The number of aromatic hydroxyl groups is 1. The number of benzene rings is 1. The molecule has 0 saturated heterocycles. The van der Waals surface area contributed by atoms with Crippen molar-refractivity contribution in [2.24, 2.45) is 5.14 Å². The monoisotopic (exact) mass is 267 g/mol. The van der Waals surface area contributed by atoms with Crippen molar-refractivity contribution in [3.63, 3.8) is 0 Å². The molecule has 0 atom stereocenters. The molecule has 0 fully saturated rings. The van der Waals surface area contributed by atoms with E-state index in [1.807, 2.05) is 0 Å². The summed E-state index contributed by atoms with van der Waals surface area (Å²) in [6.07, 6.45) is 0. The molecule has 72 valence electrons. The Morgan fingerprint density at radius 1 is 1.46 bits per heavy atom. The number of phenols is 1. The fourth-order valence-corrected chi connectivity index (χ4v) is 1.53. The highest BCUT2D eigenvalue weighted by Crippen LogP contribution is 2.33. The molecule has 0 aromatic heterocycles. The Bertz CT molecular complexity index is 417. The largest absolute Gasteiger partial charge is 0.507 e.